The van der Waals surface area contributed by atoms with Crippen LogP contribution >= 0.6 is 11.3 Å². The van der Waals surface area contributed by atoms with Crippen molar-refractivity contribution in [2.45, 2.75) is 36.8 Å². The molecule has 3 rings (SSSR count). The molecule has 1 atom stereocenters. The fourth-order valence-electron chi connectivity index (χ4n) is 2.69. The molecule has 24 heavy (non-hydrogen) atoms. The number of sulfone groups is 1. The number of rotatable bonds is 6. The summed E-state index contributed by atoms with van der Waals surface area (Å²) in [5.74, 6) is 0.0325. The van der Waals surface area contributed by atoms with Crippen molar-refractivity contribution in [3.05, 3.63) is 51.7 Å². The second kappa shape index (κ2) is 6.69. The smallest absolute Gasteiger partial charge is 0.223 e. The van der Waals surface area contributed by atoms with Crippen LogP contribution in [0.2, 0.25) is 0 Å². The van der Waals surface area contributed by atoms with Crippen molar-refractivity contribution in [3.63, 3.8) is 0 Å². The summed E-state index contributed by atoms with van der Waals surface area (Å²) in [5, 5.41) is 3.95. The number of hydrogen-bond donors (Lipinski definition) is 1. The van der Waals surface area contributed by atoms with E-state index < -0.39 is 15.1 Å². The van der Waals surface area contributed by atoms with Gasteiger partial charge in [0.25, 0.3) is 0 Å². The fraction of sp³-hybridized carbons (Fsp3) is 0.389. The Morgan fingerprint density at radius 3 is 2.67 bits per heavy atom. The first-order valence-electron chi connectivity index (χ1n) is 8.02. The maximum atomic E-state index is 13.3. The monoisotopic (exact) mass is 363 g/mol. The highest BCUT2D eigenvalue weighted by Gasteiger charge is 2.34. The summed E-state index contributed by atoms with van der Waals surface area (Å²) in [5.41, 5.74) is 1.64. The van der Waals surface area contributed by atoms with Crippen molar-refractivity contribution in [1.82, 2.24) is 5.32 Å². The summed E-state index contributed by atoms with van der Waals surface area (Å²) < 4.78 is 26.5. The summed E-state index contributed by atoms with van der Waals surface area (Å²) in [4.78, 5) is 13.1. The second-order valence-corrected chi connectivity index (χ2v) is 9.42. The number of aryl methyl sites for hydroxylation is 2. The number of thiophene rings is 1. The summed E-state index contributed by atoms with van der Waals surface area (Å²) in [7, 11) is -3.58. The lowest BCUT2D eigenvalue weighted by Gasteiger charge is -2.19. The Labute approximate surface area is 146 Å². The Hall–Kier alpha value is -1.66. The average molecular weight is 364 g/mol. The molecule has 1 aromatic heterocycles. The topological polar surface area (TPSA) is 63.2 Å². The maximum Gasteiger partial charge on any atom is 0.223 e. The van der Waals surface area contributed by atoms with Gasteiger partial charge in [0, 0.05) is 17.3 Å². The molecule has 1 N–H and O–H groups in total. The van der Waals surface area contributed by atoms with E-state index in [1.807, 2.05) is 36.6 Å². The van der Waals surface area contributed by atoms with Crippen LogP contribution in [-0.2, 0) is 14.6 Å². The Morgan fingerprint density at radius 1 is 1.29 bits per heavy atom. The molecule has 0 aliphatic heterocycles. The standard InChI is InChI=1S/C18H21NO3S2/c1-12-5-6-13(2)16(10-12)24(21,22)17(15-4-3-9-23-15)11-19-18(20)14-7-8-14/h3-6,9-10,14,17H,7-8,11H2,1-2H3,(H,19,20)/t17-/m0/s1. The molecular weight excluding hydrogens is 342 g/mol. The van der Waals surface area contributed by atoms with E-state index in [4.69, 9.17) is 0 Å². The van der Waals surface area contributed by atoms with Crippen LogP contribution in [0.25, 0.3) is 0 Å². The Kier molecular flexibility index (Phi) is 4.78. The molecule has 1 aromatic carbocycles. The Morgan fingerprint density at radius 2 is 2.04 bits per heavy atom. The van der Waals surface area contributed by atoms with Crippen LogP contribution in [0.15, 0.2) is 40.6 Å². The number of hydrogen-bond acceptors (Lipinski definition) is 4. The summed E-state index contributed by atoms with van der Waals surface area (Å²) in [6.45, 7) is 3.81. The van der Waals surface area contributed by atoms with E-state index in [1.54, 1.807) is 13.0 Å². The zero-order valence-corrected chi connectivity index (χ0v) is 15.4. The van der Waals surface area contributed by atoms with Gasteiger partial charge in [-0.2, -0.15) is 0 Å². The molecule has 0 saturated heterocycles. The molecule has 0 bridgehead atoms. The molecule has 1 aliphatic rings. The van der Waals surface area contributed by atoms with Crippen molar-refractivity contribution in [2.24, 2.45) is 5.92 Å². The molecule has 1 aliphatic carbocycles. The third-order valence-corrected chi connectivity index (χ3v) is 7.65. The van der Waals surface area contributed by atoms with Gasteiger partial charge in [-0.1, -0.05) is 18.2 Å². The second-order valence-electron chi connectivity index (χ2n) is 6.34. The van der Waals surface area contributed by atoms with E-state index >= 15 is 0 Å². The fourth-order valence-corrected chi connectivity index (χ4v) is 5.80. The molecule has 1 heterocycles. The normalized spacial score (nSPS) is 15.9. The molecule has 1 saturated carbocycles. The first kappa shape index (κ1) is 17.2. The minimum absolute atomic E-state index is 0.0345. The van der Waals surface area contributed by atoms with Gasteiger partial charge >= 0.3 is 0 Å². The lowest BCUT2D eigenvalue weighted by atomic mass is 10.2. The van der Waals surface area contributed by atoms with Crippen molar-refractivity contribution in [1.29, 1.82) is 0 Å². The highest BCUT2D eigenvalue weighted by Crippen LogP contribution is 2.34. The van der Waals surface area contributed by atoms with Crippen molar-refractivity contribution >= 4 is 27.1 Å². The number of benzene rings is 1. The molecule has 1 fully saturated rings. The molecule has 128 valence electrons. The van der Waals surface area contributed by atoms with Gasteiger partial charge in [-0.3, -0.25) is 4.79 Å². The molecule has 4 nitrogen and oxygen atoms in total. The Bertz CT molecular complexity index is 837. The molecular formula is C18H21NO3S2. The Balaban J connectivity index is 1.94. The average Bonchev–Trinajstić information content (AvgIpc) is 3.26. The van der Waals surface area contributed by atoms with Crippen LogP contribution in [0.1, 0.15) is 34.1 Å². The predicted octanol–water partition coefficient (Wildman–Crippen LogP) is 3.41. The van der Waals surface area contributed by atoms with Gasteiger partial charge in [-0.05, 0) is 55.3 Å². The molecule has 1 amide bonds. The molecule has 6 heteroatoms. The predicted molar refractivity (Wildman–Crippen MR) is 95.9 cm³/mol. The number of amides is 1. The van der Waals surface area contributed by atoms with Gasteiger partial charge in [0.1, 0.15) is 5.25 Å². The molecule has 0 unspecified atom stereocenters. The molecule has 0 spiro atoms. The van der Waals surface area contributed by atoms with E-state index in [0.29, 0.717) is 4.90 Å². The SMILES string of the molecule is Cc1ccc(C)c(S(=O)(=O)[C@@H](CNC(=O)C2CC2)c2cccs2)c1. The lowest BCUT2D eigenvalue weighted by molar-refractivity contribution is -0.122. The van der Waals surface area contributed by atoms with E-state index in [2.05, 4.69) is 5.32 Å². The minimum Gasteiger partial charge on any atom is -0.354 e. The molecule has 0 radical (unpaired) electrons. The van der Waals surface area contributed by atoms with Gasteiger partial charge in [-0.15, -0.1) is 11.3 Å². The minimum atomic E-state index is -3.58. The first-order chi connectivity index (χ1) is 11.4. The molecule has 2 aromatic rings. The highest BCUT2D eigenvalue weighted by atomic mass is 32.2. The van der Waals surface area contributed by atoms with Crippen molar-refractivity contribution in [3.8, 4) is 0 Å². The van der Waals surface area contributed by atoms with Crippen molar-refractivity contribution in [2.75, 3.05) is 6.54 Å². The summed E-state index contributed by atoms with van der Waals surface area (Å²) >= 11 is 1.41. The van der Waals surface area contributed by atoms with Crippen LogP contribution in [0.5, 0.6) is 0 Å². The van der Waals surface area contributed by atoms with Crippen LogP contribution < -0.4 is 5.32 Å². The number of carbonyl (C=O) groups excluding carboxylic acids is 1. The zero-order valence-electron chi connectivity index (χ0n) is 13.8. The number of nitrogens with one attached hydrogen (secondary N) is 1. The quantitative estimate of drug-likeness (QED) is 0.855. The van der Waals surface area contributed by atoms with Gasteiger partial charge < -0.3 is 5.32 Å². The number of carbonyl (C=O) groups is 1. The third-order valence-electron chi connectivity index (χ3n) is 4.30. The van der Waals surface area contributed by atoms with E-state index in [9.17, 15) is 13.2 Å². The van der Waals surface area contributed by atoms with E-state index in [-0.39, 0.29) is 18.4 Å². The van der Waals surface area contributed by atoms with Crippen LogP contribution in [0, 0.1) is 19.8 Å². The van der Waals surface area contributed by atoms with Crippen LogP contribution in [0.4, 0.5) is 0 Å². The van der Waals surface area contributed by atoms with Gasteiger partial charge in [0.05, 0.1) is 4.90 Å². The first-order valence-corrected chi connectivity index (χ1v) is 10.4. The largest absolute Gasteiger partial charge is 0.354 e. The van der Waals surface area contributed by atoms with Gasteiger partial charge in [0.2, 0.25) is 5.91 Å². The third kappa shape index (κ3) is 3.54. The lowest BCUT2D eigenvalue weighted by Crippen LogP contribution is -2.32. The summed E-state index contributed by atoms with van der Waals surface area (Å²) in [6, 6.07) is 9.11. The van der Waals surface area contributed by atoms with E-state index in [1.165, 1.54) is 11.3 Å². The van der Waals surface area contributed by atoms with Crippen molar-refractivity contribution < 1.29 is 13.2 Å². The van der Waals surface area contributed by atoms with E-state index in [0.717, 1.165) is 28.8 Å². The van der Waals surface area contributed by atoms with Gasteiger partial charge in [-0.25, -0.2) is 8.42 Å². The van der Waals surface area contributed by atoms with Crippen LogP contribution in [0.3, 0.4) is 0 Å². The highest BCUT2D eigenvalue weighted by molar-refractivity contribution is 7.92. The summed E-state index contributed by atoms with van der Waals surface area (Å²) in [6.07, 6.45) is 1.80. The zero-order chi connectivity index (χ0) is 17.3. The van der Waals surface area contributed by atoms with Crippen LogP contribution in [-0.4, -0.2) is 20.9 Å². The maximum absolute atomic E-state index is 13.3. The van der Waals surface area contributed by atoms with Gasteiger partial charge in [0.15, 0.2) is 9.84 Å².